The second-order valence-corrected chi connectivity index (χ2v) is 8.83. The molecule has 3 heterocycles. The van der Waals surface area contributed by atoms with E-state index in [9.17, 15) is 9.59 Å². The average Bonchev–Trinajstić information content (AvgIpc) is 3.29. The molecule has 9 heteroatoms. The van der Waals surface area contributed by atoms with Crippen LogP contribution in [0, 0.1) is 0 Å². The molecule has 0 spiro atoms. The summed E-state index contributed by atoms with van der Waals surface area (Å²) in [4.78, 5) is 32.6. The number of pyridine rings is 1. The third-order valence-corrected chi connectivity index (χ3v) is 6.61. The Morgan fingerprint density at radius 2 is 1.58 bits per heavy atom. The van der Waals surface area contributed by atoms with Crippen LogP contribution in [-0.4, -0.2) is 63.1 Å². The van der Waals surface area contributed by atoms with Gasteiger partial charge in [-0.15, -0.1) is 10.2 Å². The van der Waals surface area contributed by atoms with Crippen LogP contribution in [0.25, 0.3) is 0 Å². The van der Waals surface area contributed by atoms with Gasteiger partial charge < -0.3 is 9.80 Å². The predicted molar refractivity (Wildman–Crippen MR) is 119 cm³/mol. The van der Waals surface area contributed by atoms with Gasteiger partial charge >= 0.3 is 6.03 Å². The summed E-state index contributed by atoms with van der Waals surface area (Å²) >= 11 is 1.38. The summed E-state index contributed by atoms with van der Waals surface area (Å²) in [6.07, 6.45) is 3.21. The SMILES string of the molecule is CC(C)(c1ccccc1)c1nnc(NC(=O)N2CCN(C(=O)c3ccncc3)CC2)s1. The number of urea groups is 1. The molecule has 3 aromatic rings. The van der Waals surface area contributed by atoms with Crippen molar-refractivity contribution < 1.29 is 9.59 Å². The Morgan fingerprint density at radius 3 is 2.26 bits per heavy atom. The maximum absolute atomic E-state index is 12.7. The Bertz CT molecular complexity index is 1050. The number of rotatable bonds is 4. The van der Waals surface area contributed by atoms with E-state index in [-0.39, 0.29) is 17.4 Å². The van der Waals surface area contributed by atoms with Crippen LogP contribution < -0.4 is 5.32 Å². The molecule has 3 amide bonds. The van der Waals surface area contributed by atoms with E-state index in [1.54, 1.807) is 34.3 Å². The molecule has 0 radical (unpaired) electrons. The van der Waals surface area contributed by atoms with Crippen LogP contribution in [0.3, 0.4) is 0 Å². The standard InChI is InChI=1S/C22H24N6O2S/c1-22(2,17-6-4-3-5-7-17)19-25-26-20(31-19)24-21(30)28-14-12-27(13-15-28)18(29)16-8-10-23-11-9-16/h3-11H,12-15H2,1-2H3,(H,24,26,30). The fourth-order valence-electron chi connectivity index (χ4n) is 3.46. The summed E-state index contributed by atoms with van der Waals surface area (Å²) in [5.74, 6) is -0.0423. The first-order valence-corrected chi connectivity index (χ1v) is 10.9. The van der Waals surface area contributed by atoms with Crippen molar-refractivity contribution in [1.82, 2.24) is 25.0 Å². The highest BCUT2D eigenvalue weighted by molar-refractivity contribution is 7.15. The van der Waals surface area contributed by atoms with Crippen molar-refractivity contribution in [3.8, 4) is 0 Å². The number of piperazine rings is 1. The van der Waals surface area contributed by atoms with Gasteiger partial charge in [0.2, 0.25) is 5.13 Å². The van der Waals surface area contributed by atoms with Crippen molar-refractivity contribution in [2.24, 2.45) is 0 Å². The van der Waals surface area contributed by atoms with Crippen LogP contribution in [0.2, 0.25) is 0 Å². The first kappa shape index (κ1) is 20.9. The van der Waals surface area contributed by atoms with Crippen LogP contribution in [0.1, 0.15) is 34.8 Å². The van der Waals surface area contributed by atoms with Gasteiger partial charge in [-0.2, -0.15) is 0 Å². The topological polar surface area (TPSA) is 91.3 Å². The number of benzene rings is 1. The summed E-state index contributed by atoms with van der Waals surface area (Å²) in [7, 11) is 0. The number of anilines is 1. The van der Waals surface area contributed by atoms with E-state index in [0.717, 1.165) is 10.6 Å². The molecule has 0 aliphatic carbocycles. The average molecular weight is 437 g/mol. The molecule has 8 nitrogen and oxygen atoms in total. The van der Waals surface area contributed by atoms with Crippen molar-refractivity contribution in [3.63, 3.8) is 0 Å². The molecule has 1 aliphatic rings. The third-order valence-electron chi connectivity index (χ3n) is 5.45. The minimum Gasteiger partial charge on any atom is -0.335 e. The highest BCUT2D eigenvalue weighted by Crippen LogP contribution is 2.34. The van der Waals surface area contributed by atoms with Crippen LogP contribution in [0.5, 0.6) is 0 Å². The minimum atomic E-state index is -0.305. The molecular weight excluding hydrogens is 412 g/mol. The van der Waals surface area contributed by atoms with Gasteiger partial charge in [-0.1, -0.05) is 41.7 Å². The summed E-state index contributed by atoms with van der Waals surface area (Å²) in [5.41, 5.74) is 1.44. The van der Waals surface area contributed by atoms with Crippen molar-refractivity contribution in [2.75, 3.05) is 31.5 Å². The van der Waals surface area contributed by atoms with Crippen LogP contribution in [0.4, 0.5) is 9.93 Å². The number of amides is 3. The summed E-state index contributed by atoms with van der Waals surface area (Å²) < 4.78 is 0. The largest absolute Gasteiger partial charge is 0.335 e. The number of hydrogen-bond acceptors (Lipinski definition) is 6. The van der Waals surface area contributed by atoms with Gasteiger partial charge in [-0.25, -0.2) is 4.79 Å². The van der Waals surface area contributed by atoms with Gasteiger partial charge in [0.1, 0.15) is 5.01 Å². The summed E-state index contributed by atoms with van der Waals surface area (Å²) in [5, 5.41) is 12.6. The zero-order valence-electron chi connectivity index (χ0n) is 17.5. The monoisotopic (exact) mass is 436 g/mol. The number of carbonyl (C=O) groups excluding carboxylic acids is 2. The molecule has 4 rings (SSSR count). The van der Waals surface area contributed by atoms with Gasteiger partial charge in [-0.05, 0) is 31.5 Å². The molecule has 160 valence electrons. The van der Waals surface area contributed by atoms with Crippen LogP contribution in [0.15, 0.2) is 54.9 Å². The fraction of sp³-hybridized carbons (Fsp3) is 0.318. The van der Waals surface area contributed by atoms with Crippen molar-refractivity contribution in [2.45, 2.75) is 19.3 Å². The second kappa shape index (κ2) is 8.81. The van der Waals surface area contributed by atoms with E-state index >= 15 is 0 Å². The molecule has 1 fully saturated rings. The third kappa shape index (κ3) is 4.56. The van der Waals surface area contributed by atoms with E-state index in [0.29, 0.717) is 36.9 Å². The van der Waals surface area contributed by atoms with Crippen molar-refractivity contribution >= 4 is 28.4 Å². The fourth-order valence-corrected chi connectivity index (χ4v) is 4.32. The molecule has 2 aromatic heterocycles. The lowest BCUT2D eigenvalue weighted by atomic mass is 9.85. The van der Waals surface area contributed by atoms with E-state index in [2.05, 4.69) is 46.5 Å². The first-order chi connectivity index (χ1) is 14.9. The molecule has 0 unspecified atom stereocenters. The maximum Gasteiger partial charge on any atom is 0.323 e. The molecule has 1 N–H and O–H groups in total. The number of aromatic nitrogens is 3. The Hall–Kier alpha value is -3.33. The zero-order valence-corrected chi connectivity index (χ0v) is 18.3. The number of nitrogens with zero attached hydrogens (tertiary/aromatic N) is 5. The first-order valence-electron chi connectivity index (χ1n) is 10.1. The lowest BCUT2D eigenvalue weighted by molar-refractivity contribution is 0.0671. The number of carbonyl (C=O) groups is 2. The lowest BCUT2D eigenvalue weighted by Crippen LogP contribution is -2.51. The highest BCUT2D eigenvalue weighted by Gasteiger charge is 2.29. The van der Waals surface area contributed by atoms with E-state index < -0.39 is 0 Å². The van der Waals surface area contributed by atoms with Gasteiger partial charge in [0.15, 0.2) is 0 Å². The molecule has 0 bridgehead atoms. The molecule has 1 saturated heterocycles. The Morgan fingerprint density at radius 1 is 0.935 bits per heavy atom. The Labute approximate surface area is 184 Å². The Kier molecular flexibility index (Phi) is 5.94. The molecule has 1 aromatic carbocycles. The van der Waals surface area contributed by atoms with Crippen LogP contribution in [-0.2, 0) is 5.41 Å². The van der Waals surface area contributed by atoms with Gasteiger partial charge in [0.05, 0.1) is 0 Å². The van der Waals surface area contributed by atoms with Gasteiger partial charge in [0, 0.05) is 49.6 Å². The molecule has 31 heavy (non-hydrogen) atoms. The molecule has 0 saturated carbocycles. The maximum atomic E-state index is 12.7. The van der Waals surface area contributed by atoms with Crippen molar-refractivity contribution in [1.29, 1.82) is 0 Å². The quantitative estimate of drug-likeness (QED) is 0.678. The number of hydrogen-bond donors (Lipinski definition) is 1. The predicted octanol–water partition coefficient (Wildman–Crippen LogP) is 3.25. The number of nitrogens with one attached hydrogen (secondary N) is 1. The Balaban J connectivity index is 1.34. The summed E-state index contributed by atoms with van der Waals surface area (Å²) in [6.45, 7) is 6.07. The zero-order chi connectivity index (χ0) is 21.8. The van der Waals surface area contributed by atoms with Gasteiger partial charge in [0.25, 0.3) is 5.91 Å². The smallest absolute Gasteiger partial charge is 0.323 e. The van der Waals surface area contributed by atoms with Gasteiger partial charge in [-0.3, -0.25) is 15.1 Å². The van der Waals surface area contributed by atoms with E-state index in [1.165, 1.54) is 11.3 Å². The molecule has 1 aliphatic heterocycles. The van der Waals surface area contributed by atoms with Crippen LogP contribution >= 0.6 is 11.3 Å². The molecular formula is C22H24N6O2S. The minimum absolute atomic E-state index is 0.0423. The normalized spacial score (nSPS) is 14.4. The van der Waals surface area contributed by atoms with E-state index in [1.807, 2.05) is 18.2 Å². The van der Waals surface area contributed by atoms with Crippen molar-refractivity contribution in [3.05, 3.63) is 71.0 Å². The second-order valence-electron chi connectivity index (χ2n) is 7.85. The summed E-state index contributed by atoms with van der Waals surface area (Å²) in [6, 6.07) is 13.3. The molecule has 0 atom stereocenters. The van der Waals surface area contributed by atoms with E-state index in [4.69, 9.17) is 0 Å². The highest BCUT2D eigenvalue weighted by atomic mass is 32.1. The lowest BCUT2D eigenvalue weighted by Gasteiger charge is -2.34.